The van der Waals surface area contributed by atoms with Crippen molar-refractivity contribution in [2.24, 2.45) is 5.73 Å². The van der Waals surface area contributed by atoms with Crippen molar-refractivity contribution in [2.45, 2.75) is 26.3 Å². The molecular weight excluding hydrogens is 164 g/mol. The molecule has 1 heterocycles. The number of methoxy groups -OCH3 is 1. The maximum Gasteiger partial charge on any atom is 0.215 e. The van der Waals surface area contributed by atoms with E-state index >= 15 is 0 Å². The molecule has 13 heavy (non-hydrogen) atoms. The maximum absolute atomic E-state index is 5.69. The topological polar surface area (TPSA) is 48.1 Å². The number of hydrogen-bond donors (Lipinski definition) is 1. The molecule has 0 fully saturated rings. The number of nitrogens with two attached hydrogens (primary N) is 1. The highest BCUT2D eigenvalue weighted by atomic mass is 16.5. The predicted molar refractivity (Wildman–Crippen MR) is 52.9 cm³/mol. The van der Waals surface area contributed by atoms with Gasteiger partial charge in [-0.1, -0.05) is 0 Å². The van der Waals surface area contributed by atoms with E-state index in [1.807, 2.05) is 20.0 Å². The third kappa shape index (κ3) is 2.70. The molecule has 0 aliphatic heterocycles. The zero-order valence-electron chi connectivity index (χ0n) is 8.37. The molecule has 0 radical (unpaired) electrons. The first-order valence-electron chi connectivity index (χ1n) is 4.38. The number of aromatic nitrogens is 1. The summed E-state index contributed by atoms with van der Waals surface area (Å²) in [6, 6.07) is 2.24. The van der Waals surface area contributed by atoms with Gasteiger partial charge in [0.2, 0.25) is 5.88 Å². The van der Waals surface area contributed by atoms with Crippen molar-refractivity contribution in [1.29, 1.82) is 0 Å². The molecule has 72 valence electrons. The number of nitrogens with zero attached hydrogens (tertiary/aromatic N) is 1. The van der Waals surface area contributed by atoms with Crippen LogP contribution in [0.25, 0.3) is 0 Å². The van der Waals surface area contributed by atoms with Crippen LogP contribution in [0.5, 0.6) is 5.88 Å². The SMILES string of the molecule is COc1ncc(C[C@@H](C)N)cc1C. The van der Waals surface area contributed by atoms with E-state index in [1.54, 1.807) is 7.11 Å². The van der Waals surface area contributed by atoms with E-state index in [0.29, 0.717) is 5.88 Å². The van der Waals surface area contributed by atoms with Gasteiger partial charge in [0.1, 0.15) is 0 Å². The standard InChI is InChI=1S/C10H16N2O/c1-7-4-9(5-8(2)11)6-12-10(7)13-3/h4,6,8H,5,11H2,1-3H3/t8-/m1/s1. The molecule has 0 bridgehead atoms. The Balaban J connectivity index is 2.83. The Hall–Kier alpha value is -1.09. The van der Waals surface area contributed by atoms with Gasteiger partial charge < -0.3 is 10.5 Å². The number of rotatable bonds is 3. The van der Waals surface area contributed by atoms with Gasteiger partial charge in [0.05, 0.1) is 7.11 Å². The molecule has 0 saturated heterocycles. The van der Waals surface area contributed by atoms with E-state index in [1.165, 1.54) is 0 Å². The first-order valence-corrected chi connectivity index (χ1v) is 4.38. The molecule has 0 aliphatic carbocycles. The zero-order chi connectivity index (χ0) is 9.84. The molecule has 2 N–H and O–H groups in total. The molecule has 1 atom stereocenters. The van der Waals surface area contributed by atoms with Crippen molar-refractivity contribution in [3.8, 4) is 5.88 Å². The summed E-state index contributed by atoms with van der Waals surface area (Å²) in [5.41, 5.74) is 7.90. The van der Waals surface area contributed by atoms with E-state index in [-0.39, 0.29) is 6.04 Å². The summed E-state index contributed by atoms with van der Waals surface area (Å²) < 4.78 is 5.06. The minimum atomic E-state index is 0.176. The Morgan fingerprint density at radius 2 is 2.31 bits per heavy atom. The lowest BCUT2D eigenvalue weighted by molar-refractivity contribution is 0.394. The fourth-order valence-corrected chi connectivity index (χ4v) is 1.32. The quantitative estimate of drug-likeness (QED) is 0.762. The van der Waals surface area contributed by atoms with Crippen molar-refractivity contribution in [3.05, 3.63) is 23.4 Å². The number of ether oxygens (including phenoxy) is 1. The second kappa shape index (κ2) is 4.23. The van der Waals surface area contributed by atoms with E-state index in [0.717, 1.165) is 17.5 Å². The summed E-state index contributed by atoms with van der Waals surface area (Å²) in [5, 5.41) is 0. The van der Waals surface area contributed by atoms with Crippen LogP contribution in [0.2, 0.25) is 0 Å². The van der Waals surface area contributed by atoms with Crippen LogP contribution in [0.1, 0.15) is 18.1 Å². The first-order chi connectivity index (χ1) is 6.13. The molecule has 0 aliphatic rings. The van der Waals surface area contributed by atoms with Crippen molar-refractivity contribution in [3.63, 3.8) is 0 Å². The van der Waals surface area contributed by atoms with Gasteiger partial charge in [-0.25, -0.2) is 4.98 Å². The molecule has 3 nitrogen and oxygen atoms in total. The predicted octanol–water partition coefficient (Wildman–Crippen LogP) is 1.29. The fourth-order valence-electron chi connectivity index (χ4n) is 1.32. The lowest BCUT2D eigenvalue weighted by Crippen LogP contribution is -2.17. The Morgan fingerprint density at radius 1 is 1.62 bits per heavy atom. The first kappa shape index (κ1) is 9.99. The van der Waals surface area contributed by atoms with Crippen LogP contribution in [-0.4, -0.2) is 18.1 Å². The second-order valence-corrected chi connectivity index (χ2v) is 3.35. The Kier molecular flexibility index (Phi) is 3.25. The van der Waals surface area contributed by atoms with Crippen LogP contribution < -0.4 is 10.5 Å². The average Bonchev–Trinajstić information content (AvgIpc) is 2.03. The highest BCUT2D eigenvalue weighted by Crippen LogP contribution is 2.15. The molecular formula is C10H16N2O. The molecule has 1 aromatic heterocycles. The lowest BCUT2D eigenvalue weighted by Gasteiger charge is -2.07. The molecule has 0 spiro atoms. The third-order valence-corrected chi connectivity index (χ3v) is 1.84. The van der Waals surface area contributed by atoms with Crippen molar-refractivity contribution < 1.29 is 4.74 Å². The summed E-state index contributed by atoms with van der Waals surface area (Å²) in [4.78, 5) is 4.17. The van der Waals surface area contributed by atoms with Crippen LogP contribution in [0.3, 0.4) is 0 Å². The molecule has 0 saturated carbocycles. The normalized spacial score (nSPS) is 12.6. The van der Waals surface area contributed by atoms with Gasteiger partial charge >= 0.3 is 0 Å². The molecule has 0 amide bonds. The van der Waals surface area contributed by atoms with Crippen molar-refractivity contribution in [2.75, 3.05) is 7.11 Å². The number of hydrogen-bond acceptors (Lipinski definition) is 3. The van der Waals surface area contributed by atoms with Gasteiger partial charge in [0, 0.05) is 17.8 Å². The third-order valence-electron chi connectivity index (χ3n) is 1.84. The molecule has 3 heteroatoms. The molecule has 1 aromatic rings. The Bertz CT molecular complexity index is 284. The molecule has 0 unspecified atom stereocenters. The summed E-state index contributed by atoms with van der Waals surface area (Å²) in [6.07, 6.45) is 2.67. The zero-order valence-corrected chi connectivity index (χ0v) is 8.37. The summed E-state index contributed by atoms with van der Waals surface area (Å²) in [6.45, 7) is 3.97. The van der Waals surface area contributed by atoms with Gasteiger partial charge in [0.25, 0.3) is 0 Å². The lowest BCUT2D eigenvalue weighted by atomic mass is 10.1. The van der Waals surface area contributed by atoms with Crippen LogP contribution in [0, 0.1) is 6.92 Å². The summed E-state index contributed by atoms with van der Waals surface area (Å²) in [5.74, 6) is 0.688. The largest absolute Gasteiger partial charge is 0.481 e. The molecule has 1 rings (SSSR count). The summed E-state index contributed by atoms with van der Waals surface area (Å²) in [7, 11) is 1.63. The number of pyridine rings is 1. The minimum absolute atomic E-state index is 0.176. The van der Waals surface area contributed by atoms with Gasteiger partial charge in [-0.3, -0.25) is 0 Å². The van der Waals surface area contributed by atoms with Gasteiger partial charge in [0.15, 0.2) is 0 Å². The Morgan fingerprint density at radius 3 is 2.77 bits per heavy atom. The van der Waals surface area contributed by atoms with Crippen molar-refractivity contribution >= 4 is 0 Å². The minimum Gasteiger partial charge on any atom is -0.481 e. The average molecular weight is 180 g/mol. The summed E-state index contributed by atoms with van der Waals surface area (Å²) >= 11 is 0. The fraction of sp³-hybridized carbons (Fsp3) is 0.500. The van der Waals surface area contributed by atoms with Crippen LogP contribution in [0.4, 0.5) is 0 Å². The Labute approximate surface area is 78.9 Å². The van der Waals surface area contributed by atoms with Gasteiger partial charge in [-0.05, 0) is 31.9 Å². The van der Waals surface area contributed by atoms with E-state index < -0.39 is 0 Å². The smallest absolute Gasteiger partial charge is 0.215 e. The van der Waals surface area contributed by atoms with E-state index in [2.05, 4.69) is 11.1 Å². The van der Waals surface area contributed by atoms with Crippen molar-refractivity contribution in [1.82, 2.24) is 4.98 Å². The van der Waals surface area contributed by atoms with Gasteiger partial charge in [-0.15, -0.1) is 0 Å². The maximum atomic E-state index is 5.69. The van der Waals surface area contributed by atoms with Crippen LogP contribution in [-0.2, 0) is 6.42 Å². The highest BCUT2D eigenvalue weighted by Gasteiger charge is 2.02. The van der Waals surface area contributed by atoms with Crippen LogP contribution in [0.15, 0.2) is 12.3 Å². The number of aryl methyl sites for hydroxylation is 1. The highest BCUT2D eigenvalue weighted by molar-refractivity contribution is 5.28. The van der Waals surface area contributed by atoms with E-state index in [4.69, 9.17) is 10.5 Å². The van der Waals surface area contributed by atoms with Crippen LogP contribution >= 0.6 is 0 Å². The monoisotopic (exact) mass is 180 g/mol. The van der Waals surface area contributed by atoms with E-state index in [9.17, 15) is 0 Å². The molecule has 0 aromatic carbocycles. The second-order valence-electron chi connectivity index (χ2n) is 3.35. The van der Waals surface area contributed by atoms with Gasteiger partial charge in [-0.2, -0.15) is 0 Å².